The van der Waals surface area contributed by atoms with E-state index >= 15 is 0 Å². The lowest BCUT2D eigenvalue weighted by atomic mass is 10.1. The molecule has 0 radical (unpaired) electrons. The molecule has 0 N–H and O–H groups in total. The van der Waals surface area contributed by atoms with E-state index in [4.69, 9.17) is 0 Å². The molecule has 0 aromatic rings. The highest BCUT2D eigenvalue weighted by molar-refractivity contribution is 5.20. The van der Waals surface area contributed by atoms with Crippen molar-refractivity contribution in [2.75, 3.05) is 19.6 Å². The zero-order chi connectivity index (χ0) is 8.89. The van der Waals surface area contributed by atoms with Gasteiger partial charge in [-0.15, -0.1) is 5.92 Å². The molecule has 70 valence electrons. The van der Waals surface area contributed by atoms with Gasteiger partial charge in [-0.05, 0) is 38.0 Å². The molecule has 2 unspecified atom stereocenters. The summed E-state index contributed by atoms with van der Waals surface area (Å²) in [5.41, 5.74) is 0.436. The van der Waals surface area contributed by atoms with Gasteiger partial charge in [0.1, 0.15) is 0 Å². The molecule has 0 amide bonds. The second kappa shape index (κ2) is 2.51. The average molecular weight is 175 g/mol. The van der Waals surface area contributed by atoms with Gasteiger partial charge in [0.25, 0.3) is 0 Å². The van der Waals surface area contributed by atoms with E-state index in [0.29, 0.717) is 5.41 Å². The van der Waals surface area contributed by atoms with Crippen LogP contribution in [0, 0.1) is 29.1 Å². The van der Waals surface area contributed by atoms with E-state index in [1.807, 2.05) is 6.92 Å². The molecule has 2 aliphatic carbocycles. The zero-order valence-corrected chi connectivity index (χ0v) is 8.34. The monoisotopic (exact) mass is 175 g/mol. The van der Waals surface area contributed by atoms with Crippen molar-refractivity contribution in [3.8, 4) is 11.8 Å². The SMILES string of the molecule is CC#CC1(CN2CC3CC3C2)CC1. The zero-order valence-electron chi connectivity index (χ0n) is 8.34. The molecule has 0 bridgehead atoms. The fourth-order valence-corrected chi connectivity index (χ4v) is 2.79. The molecule has 0 aromatic heterocycles. The summed E-state index contributed by atoms with van der Waals surface area (Å²) in [7, 11) is 0. The van der Waals surface area contributed by atoms with Crippen molar-refractivity contribution in [2.24, 2.45) is 17.3 Å². The first-order valence-corrected chi connectivity index (χ1v) is 5.48. The highest BCUT2D eigenvalue weighted by atomic mass is 15.2. The fraction of sp³-hybridized carbons (Fsp3) is 0.833. The van der Waals surface area contributed by atoms with Crippen molar-refractivity contribution in [1.29, 1.82) is 0 Å². The van der Waals surface area contributed by atoms with Gasteiger partial charge in [0.2, 0.25) is 0 Å². The van der Waals surface area contributed by atoms with Gasteiger partial charge >= 0.3 is 0 Å². The lowest BCUT2D eigenvalue weighted by Gasteiger charge is -2.20. The Morgan fingerprint density at radius 2 is 2.00 bits per heavy atom. The normalized spacial score (nSPS) is 39.2. The smallest absolute Gasteiger partial charge is 0.0442 e. The van der Waals surface area contributed by atoms with E-state index in [0.717, 1.165) is 11.8 Å². The van der Waals surface area contributed by atoms with Crippen LogP contribution < -0.4 is 0 Å². The molecule has 13 heavy (non-hydrogen) atoms. The second-order valence-corrected chi connectivity index (χ2v) is 5.11. The number of fused-ring (bicyclic) bond motifs is 1. The van der Waals surface area contributed by atoms with E-state index in [1.165, 1.54) is 38.9 Å². The molecular formula is C12H17N. The van der Waals surface area contributed by atoms with Gasteiger partial charge in [-0.2, -0.15) is 0 Å². The number of likely N-dealkylation sites (tertiary alicyclic amines) is 1. The predicted molar refractivity (Wildman–Crippen MR) is 53.2 cm³/mol. The Morgan fingerprint density at radius 3 is 2.54 bits per heavy atom. The van der Waals surface area contributed by atoms with Gasteiger partial charge in [-0.1, -0.05) is 5.92 Å². The van der Waals surface area contributed by atoms with Crippen LogP contribution in [0.5, 0.6) is 0 Å². The Balaban J connectivity index is 1.59. The van der Waals surface area contributed by atoms with Crippen LogP contribution in [0.3, 0.4) is 0 Å². The van der Waals surface area contributed by atoms with E-state index < -0.39 is 0 Å². The Bertz CT molecular complexity index is 269. The van der Waals surface area contributed by atoms with E-state index in [2.05, 4.69) is 16.7 Å². The van der Waals surface area contributed by atoms with Gasteiger partial charge in [-0.3, -0.25) is 0 Å². The van der Waals surface area contributed by atoms with Crippen molar-refractivity contribution in [1.82, 2.24) is 4.90 Å². The highest BCUT2D eigenvalue weighted by Crippen LogP contribution is 2.50. The molecule has 1 nitrogen and oxygen atoms in total. The predicted octanol–water partition coefficient (Wildman–Crippen LogP) is 1.74. The fourth-order valence-electron chi connectivity index (χ4n) is 2.79. The number of nitrogens with zero attached hydrogens (tertiary/aromatic N) is 1. The summed E-state index contributed by atoms with van der Waals surface area (Å²) in [6, 6.07) is 0. The Morgan fingerprint density at radius 1 is 1.31 bits per heavy atom. The molecule has 0 aromatic carbocycles. The summed E-state index contributed by atoms with van der Waals surface area (Å²) >= 11 is 0. The molecule has 2 saturated carbocycles. The maximum atomic E-state index is 3.40. The Hall–Kier alpha value is -0.480. The van der Waals surface area contributed by atoms with Crippen molar-refractivity contribution in [2.45, 2.75) is 26.2 Å². The summed E-state index contributed by atoms with van der Waals surface area (Å²) in [5, 5.41) is 0. The van der Waals surface area contributed by atoms with Gasteiger partial charge in [-0.25, -0.2) is 0 Å². The molecule has 3 rings (SSSR count). The summed E-state index contributed by atoms with van der Waals surface area (Å²) in [6.45, 7) is 5.98. The third-order valence-corrected chi connectivity index (χ3v) is 3.82. The van der Waals surface area contributed by atoms with Crippen LogP contribution in [0.25, 0.3) is 0 Å². The lowest BCUT2D eigenvalue weighted by Crippen LogP contribution is -2.29. The molecule has 1 heterocycles. The van der Waals surface area contributed by atoms with Gasteiger partial charge in [0.15, 0.2) is 0 Å². The number of hydrogen-bond donors (Lipinski definition) is 0. The Labute approximate surface area is 80.5 Å². The molecule has 0 spiro atoms. The summed E-state index contributed by atoms with van der Waals surface area (Å²) in [4.78, 5) is 2.65. The van der Waals surface area contributed by atoms with Crippen molar-refractivity contribution >= 4 is 0 Å². The number of hydrogen-bond acceptors (Lipinski definition) is 1. The molecule has 1 aliphatic heterocycles. The van der Waals surface area contributed by atoms with Crippen LogP contribution in [-0.2, 0) is 0 Å². The first-order chi connectivity index (χ1) is 6.31. The average Bonchev–Trinajstić information content (AvgIpc) is 2.96. The molecule has 3 aliphatic rings. The molecular weight excluding hydrogens is 158 g/mol. The van der Waals surface area contributed by atoms with Gasteiger partial charge < -0.3 is 4.90 Å². The minimum absolute atomic E-state index is 0.436. The minimum Gasteiger partial charge on any atom is -0.301 e. The molecule has 1 saturated heterocycles. The van der Waals surface area contributed by atoms with Crippen LogP contribution in [0.1, 0.15) is 26.2 Å². The van der Waals surface area contributed by atoms with E-state index in [9.17, 15) is 0 Å². The largest absolute Gasteiger partial charge is 0.301 e. The quantitative estimate of drug-likeness (QED) is 0.578. The van der Waals surface area contributed by atoms with E-state index in [1.54, 1.807) is 0 Å². The Kier molecular flexibility index (Phi) is 1.52. The minimum atomic E-state index is 0.436. The molecule has 3 fully saturated rings. The molecule has 2 atom stereocenters. The van der Waals surface area contributed by atoms with Gasteiger partial charge in [0.05, 0.1) is 0 Å². The topological polar surface area (TPSA) is 3.24 Å². The van der Waals surface area contributed by atoms with Crippen LogP contribution in [-0.4, -0.2) is 24.5 Å². The first kappa shape index (κ1) is 7.88. The maximum absolute atomic E-state index is 3.40. The van der Waals surface area contributed by atoms with Gasteiger partial charge in [0, 0.05) is 25.0 Å². The first-order valence-electron chi connectivity index (χ1n) is 5.48. The summed E-state index contributed by atoms with van der Waals surface area (Å²) in [5.74, 6) is 8.64. The van der Waals surface area contributed by atoms with Crippen LogP contribution in [0.15, 0.2) is 0 Å². The van der Waals surface area contributed by atoms with Crippen LogP contribution >= 0.6 is 0 Å². The van der Waals surface area contributed by atoms with Crippen molar-refractivity contribution < 1.29 is 0 Å². The number of piperidine rings is 1. The lowest BCUT2D eigenvalue weighted by molar-refractivity contribution is 0.270. The maximum Gasteiger partial charge on any atom is 0.0442 e. The standard InChI is InChI=1S/C12H17N/c1-2-3-12(4-5-12)9-13-7-10-6-11(10)8-13/h10-11H,4-9H2,1H3. The van der Waals surface area contributed by atoms with Crippen molar-refractivity contribution in [3.63, 3.8) is 0 Å². The van der Waals surface area contributed by atoms with E-state index in [-0.39, 0.29) is 0 Å². The van der Waals surface area contributed by atoms with Crippen LogP contribution in [0.2, 0.25) is 0 Å². The third kappa shape index (κ3) is 1.38. The van der Waals surface area contributed by atoms with Crippen LogP contribution in [0.4, 0.5) is 0 Å². The summed E-state index contributed by atoms with van der Waals surface area (Å²) < 4.78 is 0. The van der Waals surface area contributed by atoms with Crippen molar-refractivity contribution in [3.05, 3.63) is 0 Å². The summed E-state index contributed by atoms with van der Waals surface area (Å²) in [6.07, 6.45) is 4.21. The number of rotatable bonds is 2. The molecule has 1 heteroatoms. The highest BCUT2D eigenvalue weighted by Gasteiger charge is 2.49. The third-order valence-electron chi connectivity index (χ3n) is 3.82. The second-order valence-electron chi connectivity index (χ2n) is 5.11.